The summed E-state index contributed by atoms with van der Waals surface area (Å²) >= 11 is 0. The van der Waals surface area contributed by atoms with Gasteiger partial charge in [-0.2, -0.15) is 0 Å². The first-order chi connectivity index (χ1) is 10.1. The number of benzene rings is 2. The molecule has 0 fully saturated rings. The van der Waals surface area contributed by atoms with Crippen LogP contribution in [-0.2, 0) is 11.3 Å². The summed E-state index contributed by atoms with van der Waals surface area (Å²) in [4.78, 5) is 24.7. The zero-order valence-corrected chi connectivity index (χ0v) is 11.2. The van der Waals surface area contributed by atoms with Crippen molar-refractivity contribution in [2.75, 3.05) is 11.5 Å². The summed E-state index contributed by atoms with van der Waals surface area (Å²) in [6.07, 6.45) is 0. The summed E-state index contributed by atoms with van der Waals surface area (Å²) in [6.45, 7) is 0.315. The second kappa shape index (κ2) is 5.28. The van der Waals surface area contributed by atoms with Gasteiger partial charge in [-0.05, 0) is 29.8 Å². The zero-order chi connectivity index (χ0) is 14.8. The summed E-state index contributed by atoms with van der Waals surface area (Å²) in [7, 11) is 0. The maximum absolute atomic E-state index is 12.1. The Kier molecular flexibility index (Phi) is 3.31. The zero-order valence-electron chi connectivity index (χ0n) is 11.2. The molecule has 1 N–H and O–H groups in total. The molecule has 5 nitrogen and oxygen atoms in total. The van der Waals surface area contributed by atoms with Gasteiger partial charge < -0.3 is 14.7 Å². The second-order valence-electron chi connectivity index (χ2n) is 4.74. The van der Waals surface area contributed by atoms with Crippen molar-refractivity contribution in [3.63, 3.8) is 0 Å². The molecule has 0 atom stereocenters. The largest absolute Gasteiger partial charge is 0.482 e. The number of rotatable bonds is 3. The Balaban J connectivity index is 1.92. The van der Waals surface area contributed by atoms with Crippen LogP contribution >= 0.6 is 0 Å². The van der Waals surface area contributed by atoms with Crippen LogP contribution in [0, 0.1) is 0 Å². The monoisotopic (exact) mass is 283 g/mol. The van der Waals surface area contributed by atoms with Gasteiger partial charge in [-0.3, -0.25) is 4.79 Å². The lowest BCUT2D eigenvalue weighted by Crippen LogP contribution is -2.38. The van der Waals surface area contributed by atoms with Gasteiger partial charge in [0.1, 0.15) is 5.75 Å². The molecule has 0 saturated heterocycles. The van der Waals surface area contributed by atoms with Crippen molar-refractivity contribution in [1.29, 1.82) is 0 Å². The third-order valence-electron chi connectivity index (χ3n) is 3.32. The Hall–Kier alpha value is -2.82. The van der Waals surface area contributed by atoms with Crippen molar-refractivity contribution in [3.8, 4) is 5.75 Å². The minimum Gasteiger partial charge on any atom is -0.482 e. The molecule has 0 bridgehead atoms. The summed E-state index contributed by atoms with van der Waals surface area (Å²) in [5, 5.41) is 9.02. The van der Waals surface area contributed by atoms with Crippen LogP contribution in [-0.4, -0.2) is 23.6 Å². The molecule has 3 rings (SSSR count). The molecule has 106 valence electrons. The van der Waals surface area contributed by atoms with Gasteiger partial charge in [-0.15, -0.1) is 0 Å². The molecule has 0 radical (unpaired) electrons. The molecule has 0 aromatic heterocycles. The number of carbonyl (C=O) groups is 2. The molecule has 5 heteroatoms. The Morgan fingerprint density at radius 2 is 2.00 bits per heavy atom. The van der Waals surface area contributed by atoms with E-state index in [1.807, 2.05) is 24.3 Å². The van der Waals surface area contributed by atoms with Crippen molar-refractivity contribution >= 4 is 17.6 Å². The minimum absolute atomic E-state index is 0.00433. The Morgan fingerprint density at radius 3 is 2.81 bits per heavy atom. The highest BCUT2D eigenvalue weighted by molar-refractivity contribution is 5.97. The first kappa shape index (κ1) is 13.2. The number of aromatic carboxylic acids is 1. The summed E-state index contributed by atoms with van der Waals surface area (Å²) < 4.78 is 5.38. The molecule has 1 amide bonds. The normalized spacial score (nSPS) is 13.5. The van der Waals surface area contributed by atoms with Crippen LogP contribution in [0.5, 0.6) is 5.75 Å². The molecule has 0 saturated carbocycles. The van der Waals surface area contributed by atoms with Crippen molar-refractivity contribution in [3.05, 3.63) is 59.7 Å². The van der Waals surface area contributed by atoms with Gasteiger partial charge in [-0.1, -0.05) is 24.3 Å². The standard InChI is InChI=1S/C16H13NO4/c18-15-10-21-14-7-2-1-6-13(14)17(15)9-11-4-3-5-12(8-11)16(19)20/h1-8H,9-10H2,(H,19,20). The van der Waals surface area contributed by atoms with Gasteiger partial charge in [0.2, 0.25) is 0 Å². The summed E-state index contributed by atoms with van der Waals surface area (Å²) in [6, 6.07) is 13.9. The van der Waals surface area contributed by atoms with E-state index in [2.05, 4.69) is 0 Å². The fourth-order valence-electron chi connectivity index (χ4n) is 2.31. The number of fused-ring (bicyclic) bond motifs is 1. The smallest absolute Gasteiger partial charge is 0.335 e. The van der Waals surface area contributed by atoms with E-state index in [4.69, 9.17) is 9.84 Å². The van der Waals surface area contributed by atoms with Crippen molar-refractivity contribution in [2.24, 2.45) is 0 Å². The molecule has 1 aliphatic heterocycles. The van der Waals surface area contributed by atoms with Crippen LogP contribution in [0.3, 0.4) is 0 Å². The minimum atomic E-state index is -0.981. The molecular weight excluding hydrogens is 270 g/mol. The number of amides is 1. The maximum Gasteiger partial charge on any atom is 0.335 e. The summed E-state index contributed by atoms with van der Waals surface area (Å²) in [5.74, 6) is -0.466. The fourth-order valence-corrected chi connectivity index (χ4v) is 2.31. The molecule has 21 heavy (non-hydrogen) atoms. The van der Waals surface area contributed by atoms with Gasteiger partial charge in [0.05, 0.1) is 17.8 Å². The lowest BCUT2D eigenvalue weighted by atomic mass is 10.1. The highest BCUT2D eigenvalue weighted by atomic mass is 16.5. The number of nitrogens with zero attached hydrogens (tertiary/aromatic N) is 1. The van der Waals surface area contributed by atoms with E-state index in [0.717, 1.165) is 5.56 Å². The number of hydrogen-bond donors (Lipinski definition) is 1. The van der Waals surface area contributed by atoms with Crippen LogP contribution in [0.1, 0.15) is 15.9 Å². The molecular formula is C16H13NO4. The molecule has 1 aliphatic rings. The Morgan fingerprint density at radius 1 is 1.19 bits per heavy atom. The fraction of sp³-hybridized carbons (Fsp3) is 0.125. The quantitative estimate of drug-likeness (QED) is 0.938. The van der Waals surface area contributed by atoms with Crippen molar-refractivity contribution < 1.29 is 19.4 Å². The van der Waals surface area contributed by atoms with Gasteiger partial charge in [0, 0.05) is 0 Å². The number of carbonyl (C=O) groups excluding carboxylic acids is 1. The number of carboxylic acid groups (broad SMARTS) is 1. The molecule has 0 unspecified atom stereocenters. The summed E-state index contributed by atoms with van der Waals surface area (Å²) in [5.41, 5.74) is 1.68. The van der Waals surface area contributed by atoms with E-state index in [1.165, 1.54) is 6.07 Å². The van der Waals surface area contributed by atoms with E-state index < -0.39 is 5.97 Å². The van der Waals surface area contributed by atoms with E-state index in [0.29, 0.717) is 18.0 Å². The number of hydrogen-bond acceptors (Lipinski definition) is 3. The SMILES string of the molecule is O=C(O)c1cccc(CN2C(=O)COc3ccccc32)c1. The van der Waals surface area contributed by atoms with Gasteiger partial charge >= 0.3 is 5.97 Å². The number of anilines is 1. The first-order valence-corrected chi connectivity index (χ1v) is 6.49. The predicted molar refractivity (Wildman–Crippen MR) is 76.5 cm³/mol. The van der Waals surface area contributed by atoms with E-state index in [9.17, 15) is 9.59 Å². The van der Waals surface area contributed by atoms with Gasteiger partial charge in [0.25, 0.3) is 5.91 Å². The topological polar surface area (TPSA) is 66.8 Å². The molecule has 1 heterocycles. The molecule has 2 aromatic rings. The number of carboxylic acids is 1. The Labute approximate surface area is 121 Å². The molecule has 2 aromatic carbocycles. The Bertz CT molecular complexity index is 711. The van der Waals surface area contributed by atoms with Crippen LogP contribution in [0.15, 0.2) is 48.5 Å². The molecule has 0 aliphatic carbocycles. The van der Waals surface area contributed by atoms with E-state index >= 15 is 0 Å². The lowest BCUT2D eigenvalue weighted by Gasteiger charge is -2.29. The van der Waals surface area contributed by atoms with Crippen molar-refractivity contribution in [2.45, 2.75) is 6.54 Å². The highest BCUT2D eigenvalue weighted by Gasteiger charge is 2.25. The van der Waals surface area contributed by atoms with Gasteiger partial charge in [0.15, 0.2) is 6.61 Å². The first-order valence-electron chi connectivity index (χ1n) is 6.49. The van der Waals surface area contributed by atoms with Crippen LogP contribution in [0.25, 0.3) is 0 Å². The van der Waals surface area contributed by atoms with Crippen molar-refractivity contribution in [1.82, 2.24) is 0 Å². The molecule has 0 spiro atoms. The van der Waals surface area contributed by atoms with E-state index in [-0.39, 0.29) is 18.1 Å². The lowest BCUT2D eigenvalue weighted by molar-refractivity contribution is -0.121. The van der Waals surface area contributed by atoms with Crippen LogP contribution in [0.4, 0.5) is 5.69 Å². The third kappa shape index (κ3) is 2.58. The van der Waals surface area contributed by atoms with Crippen LogP contribution in [0.2, 0.25) is 0 Å². The average molecular weight is 283 g/mol. The number of ether oxygens (including phenoxy) is 1. The second-order valence-corrected chi connectivity index (χ2v) is 4.74. The highest BCUT2D eigenvalue weighted by Crippen LogP contribution is 2.32. The average Bonchev–Trinajstić information content (AvgIpc) is 2.50. The number of para-hydroxylation sites is 2. The third-order valence-corrected chi connectivity index (χ3v) is 3.32. The van der Waals surface area contributed by atoms with Gasteiger partial charge in [-0.25, -0.2) is 4.79 Å². The predicted octanol–water partition coefficient (Wildman–Crippen LogP) is 2.31. The maximum atomic E-state index is 12.1. The van der Waals surface area contributed by atoms with Crippen LogP contribution < -0.4 is 9.64 Å². The van der Waals surface area contributed by atoms with E-state index in [1.54, 1.807) is 23.1 Å².